The normalized spacial score (nSPS) is 11.4. The highest BCUT2D eigenvalue weighted by Crippen LogP contribution is 2.16. The van der Waals surface area contributed by atoms with E-state index in [1.165, 1.54) is 180 Å². The van der Waals surface area contributed by atoms with Gasteiger partial charge in [-0.2, -0.15) is 0 Å². The summed E-state index contributed by atoms with van der Waals surface area (Å²) in [6.07, 6.45) is 42.6. The fraction of sp³-hybridized carbons (Fsp3) is 0.973. The predicted octanol–water partition coefficient (Wildman–Crippen LogP) is 11.4. The van der Waals surface area contributed by atoms with Crippen LogP contribution in [-0.4, -0.2) is 37.3 Å². The average molecular weight is 581 g/mol. The van der Waals surface area contributed by atoms with Crippen LogP contribution in [0.25, 0.3) is 0 Å². The quantitative estimate of drug-likeness (QED) is 0.0639. The van der Waals surface area contributed by atoms with Crippen molar-refractivity contribution in [2.75, 3.05) is 26.2 Å². The Hall–Kier alpha value is -0.610. The molecule has 0 aromatic rings. The highest BCUT2D eigenvalue weighted by molar-refractivity contribution is 5.66. The standard InChI is InChI=1S/C37H76N2O2/c1-2-3-4-5-6-7-8-9-10-11-12-13-14-15-16-17-18-19-20-21-22-23-24-25-26-27-28-30-33-38-35-36-39-34-31-29-32-37(40)41/h38-39H,2-36H2,1H3,(H,40,41). The van der Waals surface area contributed by atoms with Gasteiger partial charge in [0.2, 0.25) is 0 Å². The van der Waals surface area contributed by atoms with Gasteiger partial charge in [-0.3, -0.25) is 4.79 Å². The van der Waals surface area contributed by atoms with Gasteiger partial charge in [0.1, 0.15) is 0 Å². The summed E-state index contributed by atoms with van der Waals surface area (Å²) in [6.45, 7) is 6.34. The molecule has 0 fully saturated rings. The molecule has 0 heterocycles. The lowest BCUT2D eigenvalue weighted by molar-refractivity contribution is -0.137. The number of rotatable bonds is 37. The molecule has 0 bridgehead atoms. The summed E-state index contributed by atoms with van der Waals surface area (Å²) in [5.41, 5.74) is 0. The van der Waals surface area contributed by atoms with Gasteiger partial charge >= 0.3 is 5.97 Å². The lowest BCUT2D eigenvalue weighted by Gasteiger charge is -2.06. The summed E-state index contributed by atoms with van der Waals surface area (Å²) >= 11 is 0. The monoisotopic (exact) mass is 581 g/mol. The maximum atomic E-state index is 10.5. The van der Waals surface area contributed by atoms with Crippen LogP contribution >= 0.6 is 0 Å². The number of unbranched alkanes of at least 4 members (excludes halogenated alkanes) is 28. The van der Waals surface area contributed by atoms with E-state index in [-0.39, 0.29) is 0 Å². The molecule has 246 valence electrons. The summed E-state index contributed by atoms with van der Waals surface area (Å²) in [5, 5.41) is 15.5. The third-order valence-corrected chi connectivity index (χ3v) is 8.68. The van der Waals surface area contributed by atoms with E-state index < -0.39 is 5.97 Å². The Labute approximate surface area is 258 Å². The van der Waals surface area contributed by atoms with Gasteiger partial charge in [-0.1, -0.05) is 180 Å². The second-order valence-electron chi connectivity index (χ2n) is 12.9. The molecule has 0 aromatic carbocycles. The van der Waals surface area contributed by atoms with Gasteiger partial charge in [-0.15, -0.1) is 0 Å². The van der Waals surface area contributed by atoms with E-state index >= 15 is 0 Å². The minimum atomic E-state index is -0.687. The van der Waals surface area contributed by atoms with E-state index in [1.807, 2.05) is 0 Å². The van der Waals surface area contributed by atoms with Crippen LogP contribution in [0.15, 0.2) is 0 Å². The van der Waals surface area contributed by atoms with E-state index in [0.29, 0.717) is 6.42 Å². The van der Waals surface area contributed by atoms with Gasteiger partial charge in [-0.05, 0) is 32.4 Å². The van der Waals surface area contributed by atoms with Crippen molar-refractivity contribution in [3.8, 4) is 0 Å². The lowest BCUT2D eigenvalue weighted by atomic mass is 10.0. The highest BCUT2D eigenvalue weighted by Gasteiger charge is 1.98. The fourth-order valence-electron chi connectivity index (χ4n) is 5.87. The minimum absolute atomic E-state index is 0.291. The lowest BCUT2D eigenvalue weighted by Crippen LogP contribution is -2.28. The molecule has 3 N–H and O–H groups in total. The molecule has 0 unspecified atom stereocenters. The summed E-state index contributed by atoms with van der Waals surface area (Å²) in [4.78, 5) is 10.5. The van der Waals surface area contributed by atoms with Gasteiger partial charge in [0.25, 0.3) is 0 Å². The first-order valence-electron chi connectivity index (χ1n) is 18.9. The summed E-state index contributed by atoms with van der Waals surface area (Å²) in [7, 11) is 0. The highest BCUT2D eigenvalue weighted by atomic mass is 16.4. The Morgan fingerprint density at radius 3 is 0.878 bits per heavy atom. The Balaban J connectivity index is 3.03. The number of nitrogens with one attached hydrogen (secondary N) is 2. The summed E-state index contributed by atoms with van der Waals surface area (Å²) < 4.78 is 0. The number of carboxylic acids is 1. The van der Waals surface area contributed by atoms with Crippen LogP contribution < -0.4 is 10.6 Å². The second kappa shape index (κ2) is 37.4. The molecule has 4 heteroatoms. The Kier molecular flexibility index (Phi) is 36.9. The zero-order chi connectivity index (χ0) is 29.7. The molecule has 0 aliphatic rings. The van der Waals surface area contributed by atoms with E-state index in [1.54, 1.807) is 0 Å². The molecule has 0 rings (SSSR count). The molecule has 4 nitrogen and oxygen atoms in total. The van der Waals surface area contributed by atoms with E-state index in [0.717, 1.165) is 39.0 Å². The van der Waals surface area contributed by atoms with Crippen molar-refractivity contribution < 1.29 is 9.90 Å². The zero-order valence-electron chi connectivity index (χ0n) is 28.1. The topological polar surface area (TPSA) is 61.4 Å². The Morgan fingerprint density at radius 1 is 0.366 bits per heavy atom. The predicted molar refractivity (Wildman–Crippen MR) is 182 cm³/mol. The van der Waals surface area contributed by atoms with Crippen molar-refractivity contribution in [1.82, 2.24) is 10.6 Å². The first-order chi connectivity index (χ1) is 20.3. The first kappa shape index (κ1) is 40.4. The summed E-state index contributed by atoms with van der Waals surface area (Å²) in [6, 6.07) is 0. The van der Waals surface area contributed by atoms with Crippen molar-refractivity contribution in [2.45, 2.75) is 206 Å². The van der Waals surface area contributed by atoms with Crippen LogP contribution in [-0.2, 0) is 4.79 Å². The van der Waals surface area contributed by atoms with Gasteiger partial charge in [0.15, 0.2) is 0 Å². The van der Waals surface area contributed by atoms with E-state index in [4.69, 9.17) is 5.11 Å². The number of hydrogen-bond acceptors (Lipinski definition) is 3. The number of aliphatic carboxylic acids is 1. The van der Waals surface area contributed by atoms with Crippen LogP contribution in [0.4, 0.5) is 0 Å². The van der Waals surface area contributed by atoms with Crippen LogP contribution in [0, 0.1) is 0 Å². The van der Waals surface area contributed by atoms with Crippen molar-refractivity contribution in [2.24, 2.45) is 0 Å². The molecule has 0 spiro atoms. The van der Waals surface area contributed by atoms with E-state index in [9.17, 15) is 4.79 Å². The fourth-order valence-corrected chi connectivity index (χ4v) is 5.87. The van der Waals surface area contributed by atoms with Crippen molar-refractivity contribution in [3.05, 3.63) is 0 Å². The van der Waals surface area contributed by atoms with Crippen LogP contribution in [0.3, 0.4) is 0 Å². The molecule has 0 aliphatic carbocycles. The number of carboxylic acid groups (broad SMARTS) is 1. The minimum Gasteiger partial charge on any atom is -0.481 e. The molecular weight excluding hydrogens is 504 g/mol. The maximum Gasteiger partial charge on any atom is 0.303 e. The van der Waals surface area contributed by atoms with Crippen molar-refractivity contribution in [3.63, 3.8) is 0 Å². The average Bonchev–Trinajstić information content (AvgIpc) is 2.97. The van der Waals surface area contributed by atoms with Crippen LogP contribution in [0.5, 0.6) is 0 Å². The third kappa shape index (κ3) is 39.4. The van der Waals surface area contributed by atoms with Gasteiger partial charge in [-0.25, -0.2) is 0 Å². The molecule has 0 aromatic heterocycles. The van der Waals surface area contributed by atoms with Gasteiger partial charge < -0.3 is 15.7 Å². The second-order valence-corrected chi connectivity index (χ2v) is 12.9. The summed E-state index contributed by atoms with van der Waals surface area (Å²) in [5.74, 6) is -0.687. The molecule has 0 saturated heterocycles. The maximum absolute atomic E-state index is 10.5. The molecular formula is C37H76N2O2. The Morgan fingerprint density at radius 2 is 0.610 bits per heavy atom. The molecule has 0 aliphatic heterocycles. The van der Waals surface area contributed by atoms with Gasteiger partial charge in [0.05, 0.1) is 0 Å². The van der Waals surface area contributed by atoms with Crippen molar-refractivity contribution in [1.29, 1.82) is 0 Å². The molecule has 41 heavy (non-hydrogen) atoms. The molecule has 0 saturated carbocycles. The zero-order valence-corrected chi connectivity index (χ0v) is 28.1. The van der Waals surface area contributed by atoms with Gasteiger partial charge in [0, 0.05) is 19.5 Å². The number of hydrogen-bond donors (Lipinski definition) is 3. The van der Waals surface area contributed by atoms with Crippen LogP contribution in [0.2, 0.25) is 0 Å². The molecule has 0 atom stereocenters. The molecule has 0 radical (unpaired) electrons. The number of carbonyl (C=O) groups is 1. The third-order valence-electron chi connectivity index (χ3n) is 8.68. The first-order valence-corrected chi connectivity index (χ1v) is 18.9. The smallest absolute Gasteiger partial charge is 0.303 e. The van der Waals surface area contributed by atoms with Crippen molar-refractivity contribution >= 4 is 5.97 Å². The SMILES string of the molecule is CCCCCCCCCCCCCCCCCCCCCCCCCCCCCCNCCNCCCCC(=O)O. The largest absolute Gasteiger partial charge is 0.481 e. The van der Waals surface area contributed by atoms with Crippen LogP contribution in [0.1, 0.15) is 206 Å². The van der Waals surface area contributed by atoms with E-state index in [2.05, 4.69) is 17.6 Å². The molecule has 0 amide bonds. The Bertz CT molecular complexity index is 486.